The van der Waals surface area contributed by atoms with Crippen LogP contribution in [-0.4, -0.2) is 30.5 Å². The largest absolute Gasteiger partial charge is 0.480 e. The van der Waals surface area contributed by atoms with Gasteiger partial charge in [-0.25, -0.2) is 8.42 Å². The molecule has 1 aromatic rings. The molecule has 2 atom stereocenters. The summed E-state index contributed by atoms with van der Waals surface area (Å²) in [7, 11) is -3.91. The molecule has 2 N–H and O–H groups in total. The molecule has 1 heterocycles. The molecule has 0 aliphatic carbocycles. The summed E-state index contributed by atoms with van der Waals surface area (Å²) < 4.78 is 26.9. The van der Waals surface area contributed by atoms with Crippen molar-refractivity contribution in [3.05, 3.63) is 22.9 Å². The number of hydrogen-bond donors (Lipinski definition) is 2. The maximum absolute atomic E-state index is 12.1. The van der Waals surface area contributed by atoms with Gasteiger partial charge in [0.1, 0.15) is 10.9 Å². The fraction of sp³-hybridized carbons (Fsp3) is 0.455. The van der Waals surface area contributed by atoms with Crippen LogP contribution in [0.4, 0.5) is 0 Å². The van der Waals surface area contributed by atoms with Gasteiger partial charge in [-0.2, -0.15) is 4.72 Å². The molecule has 106 valence electrons. The molecule has 0 spiro atoms. The molecular weight excluding hydrogens is 336 g/mol. The number of aromatic nitrogens is 1. The topological polar surface area (TPSA) is 96.4 Å². The van der Waals surface area contributed by atoms with E-state index in [0.29, 0.717) is 10.9 Å². The quantitative estimate of drug-likeness (QED) is 0.812. The predicted molar refractivity (Wildman–Crippen MR) is 73.1 cm³/mol. The molecule has 0 saturated heterocycles. The van der Waals surface area contributed by atoms with Crippen LogP contribution in [0.1, 0.15) is 20.3 Å². The number of hydrogen-bond acceptors (Lipinski definition) is 4. The van der Waals surface area contributed by atoms with Gasteiger partial charge in [0.2, 0.25) is 10.0 Å². The number of carboxylic acids is 1. The molecule has 0 radical (unpaired) electrons. The Labute approximate surface area is 120 Å². The summed E-state index contributed by atoms with van der Waals surface area (Å²) >= 11 is 3.12. The van der Waals surface area contributed by atoms with Crippen LogP contribution < -0.4 is 4.72 Å². The second kappa shape index (κ2) is 6.44. The Morgan fingerprint density at radius 3 is 2.63 bits per heavy atom. The maximum Gasteiger partial charge on any atom is 0.322 e. The van der Waals surface area contributed by atoms with Crippen molar-refractivity contribution < 1.29 is 18.3 Å². The summed E-state index contributed by atoms with van der Waals surface area (Å²) in [6.07, 6.45) is 3.17. The Bertz CT molecular complexity index is 562. The van der Waals surface area contributed by atoms with E-state index in [-0.39, 0.29) is 10.8 Å². The van der Waals surface area contributed by atoms with Gasteiger partial charge >= 0.3 is 5.97 Å². The van der Waals surface area contributed by atoms with Crippen LogP contribution >= 0.6 is 15.9 Å². The zero-order valence-corrected chi connectivity index (χ0v) is 12.9. The maximum atomic E-state index is 12.1. The lowest BCUT2D eigenvalue weighted by atomic mass is 10.0. The SMILES string of the molecule is CCC(C)C(NS(=O)(=O)c1cncc(Br)c1)C(=O)O. The summed E-state index contributed by atoms with van der Waals surface area (Å²) in [5.74, 6) is -1.51. The van der Waals surface area contributed by atoms with Crippen LogP contribution in [0.2, 0.25) is 0 Å². The number of aliphatic carboxylic acids is 1. The molecule has 1 aromatic heterocycles. The van der Waals surface area contributed by atoms with Crippen molar-refractivity contribution in [2.24, 2.45) is 5.92 Å². The van der Waals surface area contributed by atoms with Crippen molar-refractivity contribution in [3.63, 3.8) is 0 Å². The van der Waals surface area contributed by atoms with Gasteiger partial charge in [-0.3, -0.25) is 9.78 Å². The minimum atomic E-state index is -3.91. The van der Waals surface area contributed by atoms with E-state index >= 15 is 0 Å². The van der Waals surface area contributed by atoms with Gasteiger partial charge in [0.15, 0.2) is 0 Å². The third-order valence-corrected chi connectivity index (χ3v) is 4.59. The van der Waals surface area contributed by atoms with E-state index in [4.69, 9.17) is 5.11 Å². The number of carbonyl (C=O) groups is 1. The Morgan fingerprint density at radius 1 is 1.53 bits per heavy atom. The first-order valence-corrected chi connectivity index (χ1v) is 7.91. The van der Waals surface area contributed by atoms with E-state index in [1.165, 1.54) is 18.5 Å². The highest BCUT2D eigenvalue weighted by atomic mass is 79.9. The van der Waals surface area contributed by atoms with Crippen molar-refractivity contribution in [3.8, 4) is 0 Å². The van der Waals surface area contributed by atoms with Gasteiger partial charge < -0.3 is 5.11 Å². The minimum Gasteiger partial charge on any atom is -0.480 e. The Balaban J connectivity index is 3.04. The average molecular weight is 351 g/mol. The zero-order valence-electron chi connectivity index (χ0n) is 10.5. The molecule has 0 aliphatic rings. The monoisotopic (exact) mass is 350 g/mol. The lowest BCUT2D eigenvalue weighted by Crippen LogP contribution is -2.44. The molecule has 0 amide bonds. The molecule has 0 saturated carbocycles. The van der Waals surface area contributed by atoms with Gasteiger partial charge in [0.05, 0.1) is 0 Å². The van der Waals surface area contributed by atoms with E-state index in [9.17, 15) is 13.2 Å². The highest BCUT2D eigenvalue weighted by Gasteiger charge is 2.29. The summed E-state index contributed by atoms with van der Waals surface area (Å²) in [5, 5.41) is 9.09. The van der Waals surface area contributed by atoms with Crippen molar-refractivity contribution in [2.75, 3.05) is 0 Å². The number of nitrogens with one attached hydrogen (secondary N) is 1. The molecule has 0 aromatic carbocycles. The van der Waals surface area contributed by atoms with Crippen LogP contribution in [0, 0.1) is 5.92 Å². The Hall–Kier alpha value is -0.990. The number of rotatable bonds is 6. The van der Waals surface area contributed by atoms with Crippen molar-refractivity contribution in [1.82, 2.24) is 9.71 Å². The van der Waals surface area contributed by atoms with Crippen LogP contribution in [0.25, 0.3) is 0 Å². The standard InChI is InChI=1S/C11H15BrN2O4S/c1-3-7(2)10(11(15)16)14-19(17,18)9-4-8(12)5-13-6-9/h4-7,10,14H,3H2,1-2H3,(H,15,16). The minimum absolute atomic E-state index is 0.0728. The number of pyridine rings is 1. The summed E-state index contributed by atoms with van der Waals surface area (Å²) in [6.45, 7) is 3.48. The van der Waals surface area contributed by atoms with Crippen LogP contribution in [0.5, 0.6) is 0 Å². The second-order valence-electron chi connectivity index (χ2n) is 4.16. The number of halogens is 1. The molecule has 1 rings (SSSR count). The second-order valence-corrected chi connectivity index (χ2v) is 6.79. The fourth-order valence-electron chi connectivity index (χ4n) is 1.42. The van der Waals surface area contributed by atoms with E-state index in [1.54, 1.807) is 13.8 Å². The van der Waals surface area contributed by atoms with Crippen LogP contribution in [-0.2, 0) is 14.8 Å². The lowest BCUT2D eigenvalue weighted by Gasteiger charge is -2.20. The van der Waals surface area contributed by atoms with Gasteiger partial charge in [-0.1, -0.05) is 20.3 Å². The molecule has 2 unspecified atom stereocenters. The first-order chi connectivity index (χ1) is 8.77. The van der Waals surface area contributed by atoms with Crippen LogP contribution in [0.15, 0.2) is 27.8 Å². The van der Waals surface area contributed by atoms with E-state index in [2.05, 4.69) is 25.6 Å². The van der Waals surface area contributed by atoms with Gasteiger partial charge in [0, 0.05) is 16.9 Å². The van der Waals surface area contributed by atoms with Gasteiger partial charge in [-0.05, 0) is 27.9 Å². The number of nitrogens with zero attached hydrogens (tertiary/aromatic N) is 1. The average Bonchev–Trinajstić information content (AvgIpc) is 2.35. The zero-order chi connectivity index (χ0) is 14.6. The van der Waals surface area contributed by atoms with E-state index < -0.39 is 22.0 Å². The first-order valence-electron chi connectivity index (χ1n) is 5.63. The summed E-state index contributed by atoms with van der Waals surface area (Å²) in [6, 6.07) is 0.208. The van der Waals surface area contributed by atoms with Crippen LogP contribution in [0.3, 0.4) is 0 Å². The smallest absolute Gasteiger partial charge is 0.322 e. The fourth-order valence-corrected chi connectivity index (χ4v) is 3.22. The van der Waals surface area contributed by atoms with E-state index in [0.717, 1.165) is 0 Å². The van der Waals surface area contributed by atoms with E-state index in [1.807, 2.05) is 0 Å². The molecule has 8 heteroatoms. The van der Waals surface area contributed by atoms with Gasteiger partial charge in [-0.15, -0.1) is 0 Å². The highest BCUT2D eigenvalue weighted by molar-refractivity contribution is 9.10. The van der Waals surface area contributed by atoms with Crippen molar-refractivity contribution in [2.45, 2.75) is 31.2 Å². The lowest BCUT2D eigenvalue weighted by molar-refractivity contribution is -0.140. The molecule has 19 heavy (non-hydrogen) atoms. The molecule has 0 fully saturated rings. The molecular formula is C11H15BrN2O4S. The highest BCUT2D eigenvalue weighted by Crippen LogP contribution is 2.16. The first kappa shape index (κ1) is 16.1. The normalized spacial score (nSPS) is 14.9. The molecule has 0 bridgehead atoms. The Morgan fingerprint density at radius 2 is 2.16 bits per heavy atom. The number of carboxylic acid groups (broad SMARTS) is 1. The Kier molecular flexibility index (Phi) is 5.45. The third kappa shape index (κ3) is 4.26. The van der Waals surface area contributed by atoms with Crippen molar-refractivity contribution in [1.29, 1.82) is 0 Å². The third-order valence-electron chi connectivity index (χ3n) is 2.75. The summed E-state index contributed by atoms with van der Waals surface area (Å²) in [4.78, 5) is 14.8. The number of sulfonamides is 1. The van der Waals surface area contributed by atoms with Crippen molar-refractivity contribution >= 4 is 31.9 Å². The molecule has 6 nitrogen and oxygen atoms in total. The molecule has 0 aliphatic heterocycles. The predicted octanol–water partition coefficient (Wildman–Crippen LogP) is 1.62. The summed E-state index contributed by atoms with van der Waals surface area (Å²) in [5.41, 5.74) is 0. The van der Waals surface area contributed by atoms with Gasteiger partial charge in [0.25, 0.3) is 0 Å².